The van der Waals surface area contributed by atoms with Crippen LogP contribution in [0.1, 0.15) is 10.4 Å². The molecule has 0 atom stereocenters. The lowest BCUT2D eigenvalue weighted by molar-refractivity contribution is -0.113. The number of hydrogen-bond acceptors (Lipinski definition) is 4. The molecule has 2 amide bonds. The Morgan fingerprint density at radius 3 is 2.43 bits per heavy atom. The van der Waals surface area contributed by atoms with E-state index < -0.39 is 0 Å². The molecular weight excluding hydrogens is 443 g/mol. The highest BCUT2D eigenvalue weighted by atomic mass is 35.5. The highest BCUT2D eigenvalue weighted by Crippen LogP contribution is 2.27. The van der Waals surface area contributed by atoms with Crippen molar-refractivity contribution in [2.24, 2.45) is 0 Å². The first kappa shape index (κ1) is 22.0. The third-order valence-corrected chi connectivity index (χ3v) is 5.83. The highest BCUT2D eigenvalue weighted by molar-refractivity contribution is 8.00. The molecule has 2 N–H and O–H groups in total. The molecule has 30 heavy (non-hydrogen) atoms. The number of hydrogen-bond donors (Lipinski definition) is 2. The smallest absolute Gasteiger partial charge is 0.256 e. The van der Waals surface area contributed by atoms with Gasteiger partial charge in [0.05, 0.1) is 28.5 Å². The molecule has 0 radical (unpaired) electrons. The molecule has 0 unspecified atom stereocenters. The first-order chi connectivity index (χ1) is 14.5. The van der Waals surface area contributed by atoms with E-state index in [1.807, 2.05) is 6.07 Å². The van der Waals surface area contributed by atoms with Crippen molar-refractivity contribution in [2.75, 3.05) is 23.5 Å². The van der Waals surface area contributed by atoms with Gasteiger partial charge < -0.3 is 15.4 Å². The molecule has 0 aliphatic carbocycles. The van der Waals surface area contributed by atoms with Crippen LogP contribution in [0.3, 0.4) is 0 Å². The second-order valence-corrected chi connectivity index (χ2v) is 7.98. The molecule has 0 fully saturated rings. The van der Waals surface area contributed by atoms with E-state index in [-0.39, 0.29) is 17.6 Å². The number of anilines is 2. The topological polar surface area (TPSA) is 67.4 Å². The van der Waals surface area contributed by atoms with E-state index in [0.29, 0.717) is 37.6 Å². The molecule has 5 nitrogen and oxygen atoms in total. The monoisotopic (exact) mass is 460 g/mol. The van der Waals surface area contributed by atoms with E-state index in [9.17, 15) is 9.59 Å². The maximum absolute atomic E-state index is 12.7. The van der Waals surface area contributed by atoms with Crippen LogP contribution in [0.15, 0.2) is 71.6 Å². The fourth-order valence-corrected chi connectivity index (χ4v) is 3.74. The Kier molecular flexibility index (Phi) is 7.63. The summed E-state index contributed by atoms with van der Waals surface area (Å²) in [5, 5.41) is 6.38. The van der Waals surface area contributed by atoms with Gasteiger partial charge in [-0.3, -0.25) is 9.59 Å². The van der Waals surface area contributed by atoms with Crippen molar-refractivity contribution >= 4 is 58.2 Å². The molecule has 3 aromatic carbocycles. The lowest BCUT2D eigenvalue weighted by Gasteiger charge is -2.11. The maximum Gasteiger partial charge on any atom is 0.256 e. The van der Waals surface area contributed by atoms with Crippen molar-refractivity contribution in [3.05, 3.63) is 82.3 Å². The highest BCUT2D eigenvalue weighted by Gasteiger charge is 2.14. The van der Waals surface area contributed by atoms with Gasteiger partial charge in [-0.15, -0.1) is 11.8 Å². The molecule has 0 saturated carbocycles. The minimum atomic E-state index is -0.301. The summed E-state index contributed by atoms with van der Waals surface area (Å²) in [7, 11) is 1.57. The first-order valence-corrected chi connectivity index (χ1v) is 10.6. The van der Waals surface area contributed by atoms with Crippen LogP contribution >= 0.6 is 35.0 Å². The second kappa shape index (κ2) is 10.4. The average Bonchev–Trinajstić information content (AvgIpc) is 2.75. The minimum absolute atomic E-state index is 0.147. The van der Waals surface area contributed by atoms with Gasteiger partial charge in [-0.05, 0) is 42.5 Å². The molecule has 0 aliphatic rings. The Hall–Kier alpha value is -2.67. The first-order valence-electron chi connectivity index (χ1n) is 8.88. The molecule has 154 valence electrons. The van der Waals surface area contributed by atoms with Crippen LogP contribution in [0.25, 0.3) is 0 Å². The van der Waals surface area contributed by atoms with Gasteiger partial charge in [-0.1, -0.05) is 41.4 Å². The number of methoxy groups -OCH3 is 1. The van der Waals surface area contributed by atoms with Crippen molar-refractivity contribution in [2.45, 2.75) is 4.90 Å². The summed E-state index contributed by atoms with van der Waals surface area (Å²) in [5.41, 5.74) is 1.64. The molecule has 3 rings (SSSR count). The summed E-state index contributed by atoms with van der Waals surface area (Å²) in [5.74, 6) is 0.316. The quantitative estimate of drug-likeness (QED) is 0.425. The Labute approximate surface area is 188 Å². The van der Waals surface area contributed by atoms with Gasteiger partial charge in [0.15, 0.2) is 0 Å². The number of ether oxygens (including phenoxy) is 1. The molecule has 0 aromatic heterocycles. The van der Waals surface area contributed by atoms with Crippen LogP contribution in [-0.4, -0.2) is 24.7 Å². The fraction of sp³-hybridized carbons (Fsp3) is 0.0909. The maximum atomic E-state index is 12.7. The Bertz CT molecular complexity index is 1080. The van der Waals surface area contributed by atoms with Gasteiger partial charge in [0.2, 0.25) is 5.91 Å². The number of benzene rings is 3. The van der Waals surface area contributed by atoms with E-state index in [2.05, 4.69) is 10.6 Å². The molecule has 8 heteroatoms. The third-order valence-electron chi connectivity index (χ3n) is 4.02. The van der Waals surface area contributed by atoms with E-state index >= 15 is 0 Å². The van der Waals surface area contributed by atoms with Gasteiger partial charge in [-0.2, -0.15) is 0 Å². The van der Waals surface area contributed by atoms with Gasteiger partial charge in [-0.25, -0.2) is 0 Å². The lowest BCUT2D eigenvalue weighted by Crippen LogP contribution is -2.16. The largest absolute Gasteiger partial charge is 0.497 e. The fourth-order valence-electron chi connectivity index (χ4n) is 2.59. The van der Waals surface area contributed by atoms with Crippen LogP contribution in [0.4, 0.5) is 11.4 Å². The number of carbonyl (C=O) groups excluding carboxylic acids is 2. The zero-order valence-electron chi connectivity index (χ0n) is 15.9. The van der Waals surface area contributed by atoms with E-state index in [1.54, 1.807) is 67.8 Å². The zero-order valence-corrected chi connectivity index (χ0v) is 18.3. The van der Waals surface area contributed by atoms with Gasteiger partial charge >= 0.3 is 0 Å². The normalized spacial score (nSPS) is 10.4. The number of halogens is 2. The van der Waals surface area contributed by atoms with Crippen LogP contribution in [0.5, 0.6) is 5.75 Å². The van der Waals surface area contributed by atoms with Crippen LogP contribution < -0.4 is 15.4 Å². The van der Waals surface area contributed by atoms with Crippen LogP contribution in [-0.2, 0) is 4.79 Å². The molecule has 0 bridgehead atoms. The Balaban J connectivity index is 1.65. The van der Waals surface area contributed by atoms with Crippen molar-refractivity contribution < 1.29 is 14.3 Å². The molecule has 0 saturated heterocycles. The van der Waals surface area contributed by atoms with Crippen LogP contribution in [0.2, 0.25) is 10.0 Å². The Morgan fingerprint density at radius 1 is 0.900 bits per heavy atom. The number of amides is 2. The van der Waals surface area contributed by atoms with Gasteiger partial charge in [0.1, 0.15) is 5.75 Å². The average molecular weight is 461 g/mol. The number of nitrogens with one attached hydrogen (secondary N) is 2. The minimum Gasteiger partial charge on any atom is -0.497 e. The predicted molar refractivity (Wildman–Crippen MR) is 123 cm³/mol. The summed E-state index contributed by atoms with van der Waals surface area (Å²) >= 11 is 13.2. The zero-order chi connectivity index (χ0) is 21.5. The van der Waals surface area contributed by atoms with Crippen LogP contribution in [0, 0.1) is 0 Å². The number of thioether (sulfide) groups is 1. The summed E-state index contributed by atoms with van der Waals surface area (Å²) in [6.45, 7) is 0. The molecule has 0 heterocycles. The van der Waals surface area contributed by atoms with Crippen molar-refractivity contribution in [3.63, 3.8) is 0 Å². The van der Waals surface area contributed by atoms with Crippen molar-refractivity contribution in [1.29, 1.82) is 0 Å². The SMILES string of the molecule is COc1cccc(NC(=O)CSc2ccccc2C(=O)Nc2ccc(Cl)c(Cl)c2)c1. The third kappa shape index (κ3) is 5.92. The van der Waals surface area contributed by atoms with Crippen molar-refractivity contribution in [3.8, 4) is 5.75 Å². The number of rotatable bonds is 7. The summed E-state index contributed by atoms with van der Waals surface area (Å²) in [4.78, 5) is 25.7. The molecular formula is C22H18Cl2N2O3S. The van der Waals surface area contributed by atoms with E-state index in [1.165, 1.54) is 11.8 Å². The Morgan fingerprint density at radius 2 is 1.67 bits per heavy atom. The lowest BCUT2D eigenvalue weighted by atomic mass is 10.2. The second-order valence-electron chi connectivity index (χ2n) is 6.15. The predicted octanol–water partition coefficient (Wildman–Crippen LogP) is 5.99. The summed E-state index contributed by atoms with van der Waals surface area (Å²) in [6.07, 6.45) is 0. The van der Waals surface area contributed by atoms with Gasteiger partial charge in [0.25, 0.3) is 5.91 Å². The number of carbonyl (C=O) groups is 2. The standard InChI is InChI=1S/C22H18Cl2N2O3S/c1-29-16-6-4-5-14(11-16)25-21(27)13-30-20-8-3-2-7-17(20)22(28)26-15-9-10-18(23)19(24)12-15/h2-12H,13H2,1H3,(H,25,27)(H,26,28). The molecule has 3 aromatic rings. The van der Waals surface area contributed by atoms with Crippen molar-refractivity contribution in [1.82, 2.24) is 0 Å². The summed E-state index contributed by atoms with van der Waals surface area (Å²) < 4.78 is 5.15. The summed E-state index contributed by atoms with van der Waals surface area (Å²) in [6, 6.07) is 19.1. The molecule has 0 spiro atoms. The van der Waals surface area contributed by atoms with E-state index in [0.717, 1.165) is 0 Å². The van der Waals surface area contributed by atoms with Gasteiger partial charge in [0, 0.05) is 22.3 Å². The van der Waals surface area contributed by atoms with E-state index in [4.69, 9.17) is 27.9 Å². The molecule has 0 aliphatic heterocycles.